The number of fused-ring (bicyclic) bond motifs is 1. The zero-order valence-corrected chi connectivity index (χ0v) is 9.74. The molecule has 0 spiro atoms. The highest BCUT2D eigenvalue weighted by Crippen LogP contribution is 2.33. The molecule has 0 amide bonds. The summed E-state index contributed by atoms with van der Waals surface area (Å²) < 4.78 is 2.32. The van der Waals surface area contributed by atoms with Crippen LogP contribution in [-0.4, -0.2) is 16.1 Å². The fourth-order valence-corrected chi connectivity index (χ4v) is 2.58. The SMILES string of the molecule is CC(C)n1cnc2c1CCC[C@H]2CCN. The van der Waals surface area contributed by atoms with Gasteiger partial charge in [0.25, 0.3) is 0 Å². The van der Waals surface area contributed by atoms with E-state index in [2.05, 4.69) is 23.4 Å². The second-order valence-corrected chi connectivity index (χ2v) is 4.74. The molecule has 0 unspecified atom stereocenters. The van der Waals surface area contributed by atoms with E-state index in [1.165, 1.54) is 30.7 Å². The van der Waals surface area contributed by atoms with Gasteiger partial charge in [-0.2, -0.15) is 0 Å². The molecule has 15 heavy (non-hydrogen) atoms. The Balaban J connectivity index is 2.29. The van der Waals surface area contributed by atoms with Gasteiger partial charge >= 0.3 is 0 Å². The van der Waals surface area contributed by atoms with E-state index in [4.69, 9.17) is 5.73 Å². The van der Waals surface area contributed by atoms with E-state index in [-0.39, 0.29) is 0 Å². The van der Waals surface area contributed by atoms with E-state index < -0.39 is 0 Å². The van der Waals surface area contributed by atoms with Crippen molar-refractivity contribution in [3.63, 3.8) is 0 Å². The lowest BCUT2D eigenvalue weighted by Gasteiger charge is -2.23. The molecule has 2 N–H and O–H groups in total. The molecule has 0 bridgehead atoms. The van der Waals surface area contributed by atoms with Gasteiger partial charge in [-0.3, -0.25) is 0 Å². The highest BCUT2D eigenvalue weighted by Gasteiger charge is 2.24. The van der Waals surface area contributed by atoms with Crippen molar-refractivity contribution in [3.8, 4) is 0 Å². The molecule has 0 saturated heterocycles. The molecule has 0 aliphatic heterocycles. The summed E-state index contributed by atoms with van der Waals surface area (Å²) in [7, 11) is 0. The van der Waals surface area contributed by atoms with Crippen LogP contribution in [-0.2, 0) is 6.42 Å². The quantitative estimate of drug-likeness (QED) is 0.826. The number of aromatic nitrogens is 2. The van der Waals surface area contributed by atoms with Gasteiger partial charge in [-0.15, -0.1) is 0 Å². The molecule has 0 aromatic carbocycles. The fourth-order valence-electron chi connectivity index (χ4n) is 2.58. The van der Waals surface area contributed by atoms with Gasteiger partial charge in [-0.05, 0) is 46.1 Å². The molecule has 84 valence electrons. The van der Waals surface area contributed by atoms with Gasteiger partial charge in [0.05, 0.1) is 12.0 Å². The summed E-state index contributed by atoms with van der Waals surface area (Å²) in [6.07, 6.45) is 6.83. The van der Waals surface area contributed by atoms with Crippen LogP contribution in [0.1, 0.15) is 56.5 Å². The smallest absolute Gasteiger partial charge is 0.0954 e. The Labute approximate surface area is 91.7 Å². The van der Waals surface area contributed by atoms with E-state index >= 15 is 0 Å². The van der Waals surface area contributed by atoms with Gasteiger partial charge in [-0.1, -0.05) is 0 Å². The summed E-state index contributed by atoms with van der Waals surface area (Å²) in [5, 5.41) is 0. The average molecular weight is 207 g/mol. The monoisotopic (exact) mass is 207 g/mol. The third-order valence-corrected chi connectivity index (χ3v) is 3.35. The van der Waals surface area contributed by atoms with Crippen molar-refractivity contribution < 1.29 is 0 Å². The van der Waals surface area contributed by atoms with E-state index in [0.29, 0.717) is 12.0 Å². The van der Waals surface area contributed by atoms with Crippen molar-refractivity contribution in [3.05, 3.63) is 17.7 Å². The predicted molar refractivity (Wildman–Crippen MR) is 62.0 cm³/mol. The Hall–Kier alpha value is -0.830. The molecule has 3 heteroatoms. The minimum atomic E-state index is 0.526. The number of hydrogen-bond donors (Lipinski definition) is 1. The molecule has 1 aromatic rings. The molecular formula is C12H21N3. The number of nitrogens with two attached hydrogens (primary N) is 1. The number of imidazole rings is 1. The molecule has 1 atom stereocenters. The van der Waals surface area contributed by atoms with Crippen molar-refractivity contribution in [2.24, 2.45) is 5.73 Å². The predicted octanol–water partition coefficient (Wildman–Crippen LogP) is 2.23. The van der Waals surface area contributed by atoms with E-state index in [0.717, 1.165) is 13.0 Å². The van der Waals surface area contributed by atoms with Crippen LogP contribution in [0, 0.1) is 0 Å². The molecule has 1 aliphatic rings. The molecule has 0 saturated carbocycles. The third-order valence-electron chi connectivity index (χ3n) is 3.35. The summed E-state index contributed by atoms with van der Waals surface area (Å²) in [6.45, 7) is 5.21. The molecule has 0 fully saturated rings. The first kappa shape index (κ1) is 10.7. The maximum atomic E-state index is 5.65. The van der Waals surface area contributed by atoms with Crippen molar-refractivity contribution in [1.82, 2.24) is 9.55 Å². The Morgan fingerprint density at radius 3 is 3.07 bits per heavy atom. The van der Waals surface area contributed by atoms with Gasteiger partial charge in [0.15, 0.2) is 0 Å². The molecule has 3 nitrogen and oxygen atoms in total. The maximum absolute atomic E-state index is 5.65. The van der Waals surface area contributed by atoms with Crippen LogP contribution in [0.25, 0.3) is 0 Å². The second kappa shape index (κ2) is 4.35. The Kier molecular flexibility index (Phi) is 3.10. The highest BCUT2D eigenvalue weighted by molar-refractivity contribution is 5.21. The first-order chi connectivity index (χ1) is 7.24. The van der Waals surface area contributed by atoms with Crippen molar-refractivity contribution in [2.45, 2.75) is 51.5 Å². The zero-order chi connectivity index (χ0) is 10.8. The van der Waals surface area contributed by atoms with Crippen LogP contribution in [0.15, 0.2) is 6.33 Å². The van der Waals surface area contributed by atoms with Gasteiger partial charge in [0.2, 0.25) is 0 Å². The lowest BCUT2D eigenvalue weighted by molar-refractivity contribution is 0.488. The normalized spacial score (nSPS) is 20.7. The van der Waals surface area contributed by atoms with Gasteiger partial charge in [0.1, 0.15) is 0 Å². The summed E-state index contributed by atoms with van der Waals surface area (Å²) in [4.78, 5) is 4.59. The minimum absolute atomic E-state index is 0.526. The van der Waals surface area contributed by atoms with Crippen molar-refractivity contribution >= 4 is 0 Å². The summed E-state index contributed by atoms with van der Waals surface area (Å²) >= 11 is 0. The minimum Gasteiger partial charge on any atom is -0.332 e. The third kappa shape index (κ3) is 1.93. The molecular weight excluding hydrogens is 186 g/mol. The number of rotatable bonds is 3. The van der Waals surface area contributed by atoms with Crippen LogP contribution in [0.2, 0.25) is 0 Å². The van der Waals surface area contributed by atoms with Crippen molar-refractivity contribution in [1.29, 1.82) is 0 Å². The maximum Gasteiger partial charge on any atom is 0.0954 e. The van der Waals surface area contributed by atoms with Crippen LogP contribution >= 0.6 is 0 Å². The fraction of sp³-hybridized carbons (Fsp3) is 0.750. The number of hydrogen-bond acceptors (Lipinski definition) is 2. The van der Waals surface area contributed by atoms with Crippen LogP contribution in [0.5, 0.6) is 0 Å². The van der Waals surface area contributed by atoms with Crippen molar-refractivity contribution in [2.75, 3.05) is 6.54 Å². The Morgan fingerprint density at radius 1 is 1.60 bits per heavy atom. The molecule has 1 aromatic heterocycles. The standard InChI is InChI=1S/C12H21N3/c1-9(2)15-8-14-12-10(6-7-13)4-3-5-11(12)15/h8-10H,3-7,13H2,1-2H3/t10-/m0/s1. The summed E-state index contributed by atoms with van der Waals surface area (Å²) in [5.74, 6) is 0.610. The van der Waals surface area contributed by atoms with E-state index in [1.54, 1.807) is 0 Å². The second-order valence-electron chi connectivity index (χ2n) is 4.74. The first-order valence-corrected chi connectivity index (χ1v) is 5.99. The highest BCUT2D eigenvalue weighted by atomic mass is 15.1. The lowest BCUT2D eigenvalue weighted by Crippen LogP contribution is -2.16. The first-order valence-electron chi connectivity index (χ1n) is 5.99. The Morgan fingerprint density at radius 2 is 2.40 bits per heavy atom. The average Bonchev–Trinajstić information content (AvgIpc) is 2.62. The van der Waals surface area contributed by atoms with Gasteiger partial charge in [0, 0.05) is 17.7 Å². The van der Waals surface area contributed by atoms with E-state index in [9.17, 15) is 0 Å². The number of nitrogens with zero attached hydrogens (tertiary/aromatic N) is 2. The molecule has 0 radical (unpaired) electrons. The summed E-state index contributed by atoms with van der Waals surface area (Å²) in [6, 6.07) is 0.526. The topological polar surface area (TPSA) is 43.8 Å². The molecule has 1 heterocycles. The van der Waals surface area contributed by atoms with Gasteiger partial charge < -0.3 is 10.3 Å². The summed E-state index contributed by atoms with van der Waals surface area (Å²) in [5.41, 5.74) is 8.42. The molecule has 2 rings (SSSR count). The largest absolute Gasteiger partial charge is 0.332 e. The molecule has 1 aliphatic carbocycles. The lowest BCUT2D eigenvalue weighted by atomic mass is 9.87. The van der Waals surface area contributed by atoms with Crippen LogP contribution in [0.4, 0.5) is 0 Å². The Bertz CT molecular complexity index is 328. The van der Waals surface area contributed by atoms with Crippen LogP contribution < -0.4 is 5.73 Å². The van der Waals surface area contributed by atoms with Crippen LogP contribution in [0.3, 0.4) is 0 Å². The van der Waals surface area contributed by atoms with E-state index in [1.807, 2.05) is 6.33 Å². The van der Waals surface area contributed by atoms with Gasteiger partial charge in [-0.25, -0.2) is 4.98 Å². The zero-order valence-electron chi connectivity index (χ0n) is 9.74.